The second-order valence-electron chi connectivity index (χ2n) is 11.3. The lowest BCUT2D eigenvalue weighted by Crippen LogP contribution is -2.60. The van der Waals surface area contributed by atoms with Gasteiger partial charge in [0.05, 0.1) is 17.6 Å². The van der Waals surface area contributed by atoms with E-state index in [-0.39, 0.29) is 29.3 Å². The number of nitrogens with one attached hydrogen (secondary N) is 3. The quantitative estimate of drug-likeness (QED) is 0.227. The Balaban J connectivity index is 2.90. The first-order valence-corrected chi connectivity index (χ1v) is 13.8. The number of pyridine rings is 1. The summed E-state index contributed by atoms with van der Waals surface area (Å²) in [5.74, 6) is -0.802. The lowest BCUT2D eigenvalue weighted by molar-refractivity contribution is -0.132. The van der Waals surface area contributed by atoms with Gasteiger partial charge >= 0.3 is 6.03 Å². The Morgan fingerprint density at radius 2 is 1.71 bits per heavy atom. The maximum absolute atomic E-state index is 13.3. The molecule has 0 aliphatic rings. The van der Waals surface area contributed by atoms with E-state index in [9.17, 15) is 19.2 Å². The summed E-state index contributed by atoms with van der Waals surface area (Å²) >= 11 is 0. The Labute approximate surface area is 228 Å². The van der Waals surface area contributed by atoms with E-state index >= 15 is 0 Å². The van der Waals surface area contributed by atoms with Crippen molar-refractivity contribution in [1.29, 1.82) is 0 Å². The highest BCUT2D eigenvalue weighted by molar-refractivity contribution is 5.93. The van der Waals surface area contributed by atoms with E-state index in [1.165, 1.54) is 5.56 Å². The lowest BCUT2D eigenvalue weighted by atomic mass is 9.90. The second kappa shape index (κ2) is 15.6. The van der Waals surface area contributed by atoms with E-state index in [4.69, 9.17) is 5.73 Å². The first-order valence-electron chi connectivity index (χ1n) is 13.8. The van der Waals surface area contributed by atoms with E-state index in [1.807, 2.05) is 20.8 Å². The predicted molar refractivity (Wildman–Crippen MR) is 151 cm³/mol. The van der Waals surface area contributed by atoms with Gasteiger partial charge in [-0.3, -0.25) is 24.7 Å². The van der Waals surface area contributed by atoms with Gasteiger partial charge in [0.1, 0.15) is 0 Å². The number of nitrogens with zero attached hydrogens (tertiary/aromatic N) is 1. The van der Waals surface area contributed by atoms with Gasteiger partial charge in [-0.1, -0.05) is 41.0 Å². The molecule has 1 heterocycles. The molecule has 2 atom stereocenters. The number of ketones is 2. The number of primary amides is 1. The average molecular weight is 532 g/mol. The van der Waals surface area contributed by atoms with Gasteiger partial charge in [0.25, 0.3) is 0 Å². The number of rotatable bonds is 17. The smallest absolute Gasteiger partial charge is 0.312 e. The molecule has 0 aliphatic carbocycles. The molecule has 0 bridgehead atoms. The summed E-state index contributed by atoms with van der Waals surface area (Å²) in [6.45, 7) is 15.4. The summed E-state index contributed by atoms with van der Waals surface area (Å²) in [5, 5.41) is 8.66. The van der Waals surface area contributed by atoms with Crippen LogP contribution in [0.15, 0.2) is 12.1 Å². The highest BCUT2D eigenvalue weighted by Crippen LogP contribution is 2.17. The maximum atomic E-state index is 13.3. The minimum absolute atomic E-state index is 0.0105. The van der Waals surface area contributed by atoms with Crippen LogP contribution in [0.25, 0.3) is 0 Å². The molecule has 5 N–H and O–H groups in total. The van der Waals surface area contributed by atoms with Crippen molar-refractivity contribution in [2.24, 2.45) is 17.6 Å². The van der Waals surface area contributed by atoms with Crippen LogP contribution in [0.4, 0.5) is 4.79 Å². The van der Waals surface area contributed by atoms with Gasteiger partial charge in [0, 0.05) is 30.3 Å². The number of urea groups is 1. The highest BCUT2D eigenvalue weighted by Gasteiger charge is 2.35. The molecule has 9 nitrogen and oxygen atoms in total. The molecule has 0 radical (unpaired) electrons. The van der Waals surface area contributed by atoms with Gasteiger partial charge in [-0.05, 0) is 70.1 Å². The highest BCUT2D eigenvalue weighted by atomic mass is 16.2. The van der Waals surface area contributed by atoms with Crippen molar-refractivity contribution in [2.75, 3.05) is 6.54 Å². The van der Waals surface area contributed by atoms with Crippen LogP contribution < -0.4 is 21.7 Å². The van der Waals surface area contributed by atoms with Gasteiger partial charge in [0.15, 0.2) is 11.6 Å². The van der Waals surface area contributed by atoms with Crippen molar-refractivity contribution in [2.45, 2.75) is 112 Å². The standard InChI is InChI=1S/C29H49N5O4/c1-9-11-21-16-20(6)32-22(17-21)13-14-24(35)29(7,8)34-25(18(2)3)27(37)33-23(26(36)19(4)5)12-10-15-31-28(30)38/h16-19,23,25,34H,9-15H2,1-8H3,(H,33,37)(H3,30,31,38)/t23?,25-/m0/s1. The SMILES string of the molecule is CCCc1cc(C)nc(CCC(=O)C(C)(C)N[C@H](C(=O)NC(CCCNC(N)=O)C(=O)C(C)C)C(C)C)c1. The zero-order valence-corrected chi connectivity index (χ0v) is 24.6. The van der Waals surface area contributed by atoms with Crippen LogP contribution in [0.3, 0.4) is 0 Å². The van der Waals surface area contributed by atoms with Crippen LogP contribution in [0.1, 0.15) is 91.1 Å². The van der Waals surface area contributed by atoms with Crippen LogP contribution in [0, 0.1) is 18.8 Å². The Kier molecular flexibility index (Phi) is 13.6. The Morgan fingerprint density at radius 3 is 2.26 bits per heavy atom. The van der Waals surface area contributed by atoms with Gasteiger partial charge < -0.3 is 16.4 Å². The summed E-state index contributed by atoms with van der Waals surface area (Å²) in [6, 6.07) is 2.16. The zero-order chi connectivity index (χ0) is 29.0. The first kappa shape index (κ1) is 33.2. The Bertz CT molecular complexity index is 958. The van der Waals surface area contributed by atoms with Crippen molar-refractivity contribution in [3.05, 3.63) is 29.1 Å². The van der Waals surface area contributed by atoms with Crippen molar-refractivity contribution in [3.8, 4) is 0 Å². The van der Waals surface area contributed by atoms with E-state index in [2.05, 4.69) is 40.0 Å². The molecular weight excluding hydrogens is 482 g/mol. The number of hydrogen-bond donors (Lipinski definition) is 4. The third kappa shape index (κ3) is 11.3. The monoisotopic (exact) mass is 531 g/mol. The van der Waals surface area contributed by atoms with E-state index in [0.717, 1.165) is 24.2 Å². The number of amides is 3. The molecule has 0 saturated heterocycles. The van der Waals surface area contributed by atoms with Crippen molar-refractivity contribution >= 4 is 23.5 Å². The molecule has 1 rings (SSSR count). The molecule has 1 aromatic rings. The summed E-state index contributed by atoms with van der Waals surface area (Å²) in [5.41, 5.74) is 7.23. The first-order chi connectivity index (χ1) is 17.7. The molecule has 0 aliphatic heterocycles. The molecule has 1 unspecified atom stereocenters. The fraction of sp³-hybridized carbons (Fsp3) is 0.690. The van der Waals surface area contributed by atoms with E-state index in [1.54, 1.807) is 27.7 Å². The summed E-state index contributed by atoms with van der Waals surface area (Å²) in [6.07, 6.45) is 3.72. The van der Waals surface area contributed by atoms with Gasteiger partial charge in [0.2, 0.25) is 5.91 Å². The largest absolute Gasteiger partial charge is 0.352 e. The maximum Gasteiger partial charge on any atom is 0.312 e. The number of carbonyl (C=O) groups excluding carboxylic acids is 4. The van der Waals surface area contributed by atoms with Crippen molar-refractivity contribution in [3.63, 3.8) is 0 Å². The number of nitrogens with two attached hydrogens (primary N) is 1. The molecule has 214 valence electrons. The summed E-state index contributed by atoms with van der Waals surface area (Å²) < 4.78 is 0. The summed E-state index contributed by atoms with van der Waals surface area (Å²) in [7, 11) is 0. The fourth-order valence-electron chi connectivity index (χ4n) is 4.40. The molecule has 3 amide bonds. The van der Waals surface area contributed by atoms with Gasteiger partial charge in [-0.2, -0.15) is 0 Å². The molecule has 0 saturated carbocycles. The molecule has 38 heavy (non-hydrogen) atoms. The van der Waals surface area contributed by atoms with Crippen molar-refractivity contribution in [1.82, 2.24) is 20.9 Å². The van der Waals surface area contributed by atoms with Crippen LogP contribution in [-0.4, -0.2) is 52.7 Å². The second-order valence-corrected chi connectivity index (χ2v) is 11.3. The molecule has 9 heteroatoms. The average Bonchev–Trinajstić information content (AvgIpc) is 2.81. The zero-order valence-electron chi connectivity index (χ0n) is 24.6. The number of aromatic nitrogens is 1. The van der Waals surface area contributed by atoms with Gasteiger partial charge in [-0.15, -0.1) is 0 Å². The van der Waals surface area contributed by atoms with Crippen LogP contribution in [0.2, 0.25) is 0 Å². The minimum atomic E-state index is -0.953. The van der Waals surface area contributed by atoms with Crippen molar-refractivity contribution < 1.29 is 19.2 Å². The third-order valence-corrected chi connectivity index (χ3v) is 6.57. The van der Waals surface area contributed by atoms with Crippen LogP contribution >= 0.6 is 0 Å². The molecule has 0 spiro atoms. The van der Waals surface area contributed by atoms with Crippen LogP contribution in [0.5, 0.6) is 0 Å². The molecule has 1 aromatic heterocycles. The third-order valence-electron chi connectivity index (χ3n) is 6.57. The molecule has 0 fully saturated rings. The minimum Gasteiger partial charge on any atom is -0.352 e. The number of aryl methyl sites for hydroxylation is 3. The number of Topliss-reactive ketones (excluding diaryl/α,β-unsaturated/α-hetero) is 2. The molecule has 0 aromatic carbocycles. The molecular formula is C29H49N5O4. The number of hydrogen-bond acceptors (Lipinski definition) is 6. The Morgan fingerprint density at radius 1 is 1.05 bits per heavy atom. The predicted octanol–water partition coefficient (Wildman–Crippen LogP) is 3.40. The van der Waals surface area contributed by atoms with Gasteiger partial charge in [-0.25, -0.2) is 4.79 Å². The lowest BCUT2D eigenvalue weighted by Gasteiger charge is -2.33. The Hall–Kier alpha value is -2.81. The number of carbonyl (C=O) groups is 4. The normalized spacial score (nSPS) is 13.3. The topological polar surface area (TPSA) is 143 Å². The fourth-order valence-corrected chi connectivity index (χ4v) is 4.40. The summed E-state index contributed by atoms with van der Waals surface area (Å²) in [4.78, 5) is 54.9. The van der Waals surface area contributed by atoms with E-state index < -0.39 is 23.7 Å². The van der Waals surface area contributed by atoms with Crippen LogP contribution in [-0.2, 0) is 27.2 Å². The van der Waals surface area contributed by atoms with E-state index in [0.29, 0.717) is 32.2 Å².